The number of carbonyl (C=O) groups excluding carboxylic acids is 3. The molecule has 0 aromatic heterocycles. The number of para-hydroxylation sites is 1. The van der Waals surface area contributed by atoms with Gasteiger partial charge in [-0.25, -0.2) is 4.39 Å². The number of anilines is 1. The van der Waals surface area contributed by atoms with Gasteiger partial charge in [-0.2, -0.15) is 0 Å². The molecule has 0 saturated carbocycles. The van der Waals surface area contributed by atoms with Crippen molar-refractivity contribution in [3.05, 3.63) is 54.1 Å². The zero-order valence-corrected chi connectivity index (χ0v) is 18.2. The van der Waals surface area contributed by atoms with Crippen LogP contribution in [0.1, 0.15) is 38.8 Å². The van der Waals surface area contributed by atoms with Crippen LogP contribution in [0.2, 0.25) is 0 Å². The molecule has 6 nitrogen and oxygen atoms in total. The molecule has 3 amide bonds. The molecule has 2 atom stereocenters. The molecular formula is C24H28FN3O3. The summed E-state index contributed by atoms with van der Waals surface area (Å²) < 4.78 is 15.2. The maximum Gasteiger partial charge on any atom is 0.268 e. The van der Waals surface area contributed by atoms with Crippen molar-refractivity contribution in [2.45, 2.75) is 38.9 Å². The summed E-state index contributed by atoms with van der Waals surface area (Å²) in [5, 5.41) is 4.95. The van der Waals surface area contributed by atoms with E-state index in [1.165, 1.54) is 4.90 Å². The van der Waals surface area contributed by atoms with Crippen molar-refractivity contribution in [2.75, 3.05) is 18.5 Å². The molecule has 1 aliphatic heterocycles. The van der Waals surface area contributed by atoms with Gasteiger partial charge in [-0.3, -0.25) is 14.4 Å². The van der Waals surface area contributed by atoms with Crippen LogP contribution < -0.4 is 15.5 Å². The normalized spacial score (nSPS) is 17.3. The molecule has 2 aromatic rings. The summed E-state index contributed by atoms with van der Waals surface area (Å²) >= 11 is 0. The van der Waals surface area contributed by atoms with Gasteiger partial charge in [0.05, 0.1) is 5.69 Å². The Hall–Kier alpha value is -3.22. The van der Waals surface area contributed by atoms with Crippen LogP contribution >= 0.6 is 0 Å². The first-order chi connectivity index (χ1) is 14.6. The first-order valence-electron chi connectivity index (χ1n) is 10.4. The minimum Gasteiger partial charge on any atom is -0.353 e. The number of amides is 3. The minimum atomic E-state index is -2.82. The van der Waals surface area contributed by atoms with Crippen molar-refractivity contribution in [2.24, 2.45) is 5.92 Å². The molecule has 0 bridgehead atoms. The topological polar surface area (TPSA) is 78.5 Å². The molecule has 2 aromatic carbocycles. The van der Waals surface area contributed by atoms with E-state index in [0.717, 1.165) is 18.1 Å². The van der Waals surface area contributed by atoms with Crippen LogP contribution in [0, 0.1) is 5.92 Å². The summed E-state index contributed by atoms with van der Waals surface area (Å²) in [5.74, 6) is -2.25. The number of fused-ring (bicyclic) bond motifs is 3. The summed E-state index contributed by atoms with van der Waals surface area (Å²) in [6, 6.07) is 13.5. The van der Waals surface area contributed by atoms with E-state index in [0.29, 0.717) is 23.6 Å². The average Bonchev–Trinajstić information content (AvgIpc) is 2.83. The van der Waals surface area contributed by atoms with Crippen molar-refractivity contribution in [1.82, 2.24) is 10.6 Å². The summed E-state index contributed by atoms with van der Waals surface area (Å²) in [4.78, 5) is 39.8. The second-order valence-electron chi connectivity index (χ2n) is 8.35. The second-order valence-corrected chi connectivity index (χ2v) is 8.35. The Kier molecular flexibility index (Phi) is 6.43. The molecule has 1 heterocycles. The molecule has 3 rings (SSSR count). The maximum absolute atomic E-state index is 15.2. The highest BCUT2D eigenvalue weighted by atomic mass is 19.1. The molecule has 164 valence electrons. The molecule has 2 N–H and O–H groups in total. The highest BCUT2D eigenvalue weighted by Gasteiger charge is 2.44. The highest BCUT2D eigenvalue weighted by Crippen LogP contribution is 2.39. The smallest absolute Gasteiger partial charge is 0.268 e. The lowest BCUT2D eigenvalue weighted by Crippen LogP contribution is -2.54. The van der Waals surface area contributed by atoms with Crippen LogP contribution in [0.4, 0.5) is 10.1 Å². The van der Waals surface area contributed by atoms with Gasteiger partial charge < -0.3 is 15.5 Å². The molecule has 2 unspecified atom stereocenters. The number of likely N-dealkylation sites (N-methyl/N-ethyl adjacent to an activating group) is 1. The average molecular weight is 426 g/mol. The van der Waals surface area contributed by atoms with E-state index in [1.54, 1.807) is 19.2 Å². The van der Waals surface area contributed by atoms with Crippen LogP contribution in [0.5, 0.6) is 0 Å². The van der Waals surface area contributed by atoms with Gasteiger partial charge in [0.15, 0.2) is 0 Å². The largest absolute Gasteiger partial charge is 0.353 e. The molecule has 31 heavy (non-hydrogen) atoms. The summed E-state index contributed by atoms with van der Waals surface area (Å²) in [6.45, 7) is 5.15. The van der Waals surface area contributed by atoms with Crippen molar-refractivity contribution >= 4 is 23.4 Å². The number of nitrogens with one attached hydrogen (secondary N) is 2. The Labute approximate surface area is 181 Å². The lowest BCUT2D eigenvalue weighted by Gasteiger charge is -2.26. The van der Waals surface area contributed by atoms with Gasteiger partial charge in [-0.1, -0.05) is 56.3 Å². The number of rotatable bonds is 6. The van der Waals surface area contributed by atoms with Crippen molar-refractivity contribution in [1.29, 1.82) is 0 Å². The van der Waals surface area contributed by atoms with Gasteiger partial charge in [-0.05, 0) is 36.5 Å². The summed E-state index contributed by atoms with van der Waals surface area (Å²) in [7, 11) is 1.61. The Morgan fingerprint density at radius 3 is 2.35 bits per heavy atom. The minimum absolute atomic E-state index is 0.270. The third kappa shape index (κ3) is 4.45. The molecule has 1 aliphatic rings. The number of halogens is 1. The van der Waals surface area contributed by atoms with Gasteiger partial charge in [-0.15, -0.1) is 0 Å². The number of nitrogens with zero attached hydrogens (tertiary/aromatic N) is 1. The Bertz CT molecular complexity index is 1000. The standard InChI is InChI=1S/C24H28FN3O3/c1-15(2)13-14-26-22(30)24(3,25)23(31)27-20-18-11-6-5-9-16(18)17-10-7-8-12-19(17)28(4)21(20)29/h5-12,15,20H,13-14H2,1-4H3,(H,26,30)(H,27,31). The quantitative estimate of drug-likeness (QED) is 0.697. The van der Waals surface area contributed by atoms with Crippen molar-refractivity contribution in [3.8, 4) is 11.1 Å². The van der Waals surface area contributed by atoms with E-state index in [-0.39, 0.29) is 6.54 Å². The second kappa shape index (κ2) is 8.88. The summed E-state index contributed by atoms with van der Waals surface area (Å²) in [6.07, 6.45) is 0.668. The van der Waals surface area contributed by atoms with Crippen LogP contribution in [0.25, 0.3) is 11.1 Å². The van der Waals surface area contributed by atoms with Crippen LogP contribution in [0.15, 0.2) is 48.5 Å². The van der Waals surface area contributed by atoms with Crippen LogP contribution in [-0.4, -0.2) is 37.0 Å². The Morgan fingerprint density at radius 1 is 1.06 bits per heavy atom. The molecule has 0 saturated heterocycles. The molecular weight excluding hydrogens is 397 g/mol. The molecule has 0 spiro atoms. The number of hydrogen-bond acceptors (Lipinski definition) is 3. The van der Waals surface area contributed by atoms with E-state index in [2.05, 4.69) is 10.6 Å². The molecule has 0 radical (unpaired) electrons. The number of benzene rings is 2. The third-order valence-electron chi connectivity index (χ3n) is 5.54. The Morgan fingerprint density at radius 2 is 1.68 bits per heavy atom. The summed E-state index contributed by atoms with van der Waals surface area (Å²) in [5.41, 5.74) is 0.0206. The molecule has 7 heteroatoms. The fourth-order valence-corrected chi connectivity index (χ4v) is 3.58. The van der Waals surface area contributed by atoms with Crippen LogP contribution in [0.3, 0.4) is 0 Å². The third-order valence-corrected chi connectivity index (χ3v) is 5.54. The van der Waals surface area contributed by atoms with E-state index in [9.17, 15) is 14.4 Å². The molecule has 0 aliphatic carbocycles. The van der Waals surface area contributed by atoms with E-state index < -0.39 is 29.4 Å². The van der Waals surface area contributed by atoms with Gasteiger partial charge in [0.1, 0.15) is 6.04 Å². The van der Waals surface area contributed by atoms with Crippen molar-refractivity contribution in [3.63, 3.8) is 0 Å². The predicted octanol–water partition coefficient (Wildman–Crippen LogP) is 3.38. The fourth-order valence-electron chi connectivity index (χ4n) is 3.58. The predicted molar refractivity (Wildman–Crippen MR) is 118 cm³/mol. The lowest BCUT2D eigenvalue weighted by atomic mass is 9.94. The van der Waals surface area contributed by atoms with Gasteiger partial charge in [0.2, 0.25) is 0 Å². The zero-order valence-electron chi connectivity index (χ0n) is 18.2. The Balaban J connectivity index is 1.90. The SMILES string of the molecule is CC(C)CCNC(=O)C(C)(F)C(=O)NC1C(=O)N(C)c2ccccc2-c2ccccc21. The first-order valence-corrected chi connectivity index (χ1v) is 10.4. The lowest BCUT2D eigenvalue weighted by molar-refractivity contribution is -0.146. The maximum atomic E-state index is 15.2. The first kappa shape index (κ1) is 22.5. The van der Waals surface area contributed by atoms with Crippen LogP contribution in [-0.2, 0) is 14.4 Å². The fraction of sp³-hybridized carbons (Fsp3) is 0.375. The number of hydrogen-bond donors (Lipinski definition) is 2. The van der Waals surface area contributed by atoms with E-state index in [4.69, 9.17) is 0 Å². The van der Waals surface area contributed by atoms with E-state index in [1.807, 2.05) is 50.2 Å². The van der Waals surface area contributed by atoms with Gasteiger partial charge in [0.25, 0.3) is 23.4 Å². The monoisotopic (exact) mass is 425 g/mol. The van der Waals surface area contributed by atoms with Crippen molar-refractivity contribution < 1.29 is 18.8 Å². The van der Waals surface area contributed by atoms with Gasteiger partial charge >= 0.3 is 0 Å². The zero-order chi connectivity index (χ0) is 22.8. The number of alkyl halides is 1. The molecule has 0 fully saturated rings. The highest BCUT2D eigenvalue weighted by molar-refractivity contribution is 6.11. The number of carbonyl (C=O) groups is 3. The van der Waals surface area contributed by atoms with E-state index >= 15 is 4.39 Å². The van der Waals surface area contributed by atoms with Gasteiger partial charge in [0, 0.05) is 19.2 Å².